The molecule has 0 bridgehead atoms. The minimum atomic E-state index is -3.74. The zero-order valence-corrected chi connectivity index (χ0v) is 16.9. The highest BCUT2D eigenvalue weighted by atomic mass is 32.2. The van der Waals surface area contributed by atoms with Gasteiger partial charge in [0.2, 0.25) is 20.0 Å². The molecule has 1 heterocycles. The van der Waals surface area contributed by atoms with Gasteiger partial charge in [0.1, 0.15) is 5.75 Å². The molecule has 11 heteroatoms. The third-order valence-corrected chi connectivity index (χ3v) is 7.49. The minimum Gasteiger partial charge on any atom is -0.435 e. The molecule has 1 aromatic carbocycles. The molecule has 1 aliphatic heterocycles. The highest BCUT2D eigenvalue weighted by Crippen LogP contribution is 2.32. The van der Waals surface area contributed by atoms with Crippen LogP contribution in [0, 0.1) is 0 Å². The van der Waals surface area contributed by atoms with E-state index in [4.69, 9.17) is 0 Å². The molecule has 156 valence electrons. The third-order valence-electron chi connectivity index (χ3n) is 4.73. The molecule has 3 rings (SSSR count). The van der Waals surface area contributed by atoms with E-state index in [2.05, 4.69) is 9.46 Å². The molecule has 1 fully saturated rings. The van der Waals surface area contributed by atoms with Crippen LogP contribution in [-0.4, -0.2) is 53.1 Å². The fourth-order valence-corrected chi connectivity index (χ4v) is 6.06. The lowest BCUT2D eigenvalue weighted by Gasteiger charge is -2.33. The van der Waals surface area contributed by atoms with Crippen LogP contribution in [0.3, 0.4) is 0 Å². The van der Waals surface area contributed by atoms with Crippen LogP contribution in [-0.2, 0) is 26.5 Å². The third kappa shape index (κ3) is 5.07. The number of halogens is 2. The number of nitrogens with one attached hydrogen (secondary N) is 1. The normalized spacial score (nSPS) is 21.3. The molecular weight excluding hydrogens is 414 g/mol. The number of rotatable bonds is 6. The summed E-state index contributed by atoms with van der Waals surface area (Å²) in [5.74, 6) is 0.0409. The average molecular weight is 437 g/mol. The lowest BCUT2D eigenvalue weighted by Crippen LogP contribution is -2.49. The number of hydrogen-bond donors (Lipinski definition) is 1. The first kappa shape index (κ1) is 21.2. The summed E-state index contributed by atoms with van der Waals surface area (Å²) < 4.78 is 81.8. The largest absolute Gasteiger partial charge is 0.435 e. The van der Waals surface area contributed by atoms with Gasteiger partial charge in [-0.15, -0.1) is 0 Å². The molecule has 1 N–H and O–H groups in total. The van der Waals surface area contributed by atoms with Gasteiger partial charge in [0.25, 0.3) is 0 Å². The van der Waals surface area contributed by atoms with Gasteiger partial charge in [-0.1, -0.05) is 6.07 Å². The van der Waals surface area contributed by atoms with Crippen LogP contribution in [0.4, 0.5) is 8.78 Å². The molecule has 0 spiro atoms. The smallest absolute Gasteiger partial charge is 0.387 e. The second-order valence-electron chi connectivity index (χ2n) is 6.94. The summed E-state index contributed by atoms with van der Waals surface area (Å²) in [4.78, 5) is 0.238. The predicted molar refractivity (Wildman–Crippen MR) is 101 cm³/mol. The Hall–Kier alpha value is -1.56. The lowest BCUT2D eigenvalue weighted by atomic mass is 9.97. The molecule has 0 saturated carbocycles. The van der Waals surface area contributed by atoms with Crippen LogP contribution in [0.15, 0.2) is 23.1 Å². The van der Waals surface area contributed by atoms with Crippen molar-refractivity contribution in [3.8, 4) is 5.75 Å². The first-order chi connectivity index (χ1) is 13.0. The Morgan fingerprint density at radius 3 is 2.64 bits per heavy atom. The van der Waals surface area contributed by atoms with E-state index in [0.29, 0.717) is 31.4 Å². The fourth-order valence-electron chi connectivity index (χ4n) is 3.55. The van der Waals surface area contributed by atoms with Crippen molar-refractivity contribution in [3.05, 3.63) is 34.2 Å². The molecular formula is C17H22F2N2O5S2. The number of sulfonamides is 2. The van der Waals surface area contributed by atoms with Gasteiger partial charge in [-0.25, -0.2) is 21.6 Å². The van der Waals surface area contributed by atoms with E-state index in [-0.39, 0.29) is 23.6 Å². The zero-order chi connectivity index (χ0) is 20.5. The van der Waals surface area contributed by atoms with Crippen molar-refractivity contribution in [1.29, 1.82) is 0 Å². The number of alkyl halides is 2. The standard InChI is InChI=1S/C17H22F2N2O5S2/c1-27(22,23)20-14-3-2-8-21(11-14)28(24,25)16-7-5-12-9-15(26-17(18)19)6-4-13(12)10-16/h4,6,9-10,14,17,20H,2-3,5,7-8,11H2,1H3. The Labute approximate surface area is 163 Å². The summed E-state index contributed by atoms with van der Waals surface area (Å²) in [6, 6.07) is 3.98. The number of allylic oxidation sites excluding steroid dienone is 1. The van der Waals surface area contributed by atoms with Crippen LogP contribution in [0.2, 0.25) is 0 Å². The van der Waals surface area contributed by atoms with E-state index >= 15 is 0 Å². The van der Waals surface area contributed by atoms with E-state index in [1.165, 1.54) is 16.4 Å². The van der Waals surface area contributed by atoms with Crippen molar-refractivity contribution in [3.63, 3.8) is 0 Å². The number of benzene rings is 1. The van der Waals surface area contributed by atoms with Gasteiger partial charge in [0.15, 0.2) is 0 Å². The van der Waals surface area contributed by atoms with Crippen LogP contribution >= 0.6 is 0 Å². The van der Waals surface area contributed by atoms with E-state index in [1.807, 2.05) is 0 Å². The summed E-state index contributed by atoms with van der Waals surface area (Å²) in [6.07, 6.45) is 4.37. The molecule has 0 radical (unpaired) electrons. The number of aryl methyl sites for hydroxylation is 1. The van der Waals surface area contributed by atoms with Crippen molar-refractivity contribution in [2.45, 2.75) is 38.3 Å². The maximum absolute atomic E-state index is 13.0. The summed E-state index contributed by atoms with van der Waals surface area (Å²) in [6.45, 7) is -2.50. The van der Waals surface area contributed by atoms with Crippen LogP contribution in [0.1, 0.15) is 30.4 Å². The summed E-state index contributed by atoms with van der Waals surface area (Å²) >= 11 is 0. The van der Waals surface area contributed by atoms with Gasteiger partial charge in [-0.05, 0) is 55.0 Å². The number of piperidine rings is 1. The molecule has 0 amide bonds. The molecule has 7 nitrogen and oxygen atoms in total. The quantitative estimate of drug-likeness (QED) is 0.736. The fraction of sp³-hybridized carbons (Fsp3) is 0.529. The SMILES string of the molecule is CS(=O)(=O)NC1CCCN(S(=O)(=O)C2=Cc3ccc(OC(F)F)cc3CC2)C1. The van der Waals surface area contributed by atoms with Crippen LogP contribution in [0.5, 0.6) is 5.75 Å². The summed E-state index contributed by atoms with van der Waals surface area (Å²) in [5, 5.41) is 0. The molecule has 1 saturated heterocycles. The zero-order valence-electron chi connectivity index (χ0n) is 15.3. The molecule has 1 aromatic rings. The Kier molecular flexibility index (Phi) is 6.08. The maximum atomic E-state index is 13.0. The Morgan fingerprint density at radius 2 is 1.96 bits per heavy atom. The topological polar surface area (TPSA) is 92.8 Å². The minimum absolute atomic E-state index is 0.0409. The van der Waals surface area contributed by atoms with Crippen molar-refractivity contribution >= 4 is 26.1 Å². The van der Waals surface area contributed by atoms with Crippen LogP contribution < -0.4 is 9.46 Å². The number of nitrogens with zero attached hydrogens (tertiary/aromatic N) is 1. The Bertz CT molecular complexity index is 977. The first-order valence-electron chi connectivity index (χ1n) is 8.80. The molecule has 0 aromatic heterocycles. The first-order valence-corrected chi connectivity index (χ1v) is 12.1. The van der Waals surface area contributed by atoms with E-state index in [0.717, 1.165) is 11.8 Å². The molecule has 1 atom stereocenters. The average Bonchev–Trinajstić information content (AvgIpc) is 2.59. The molecule has 28 heavy (non-hydrogen) atoms. The van der Waals surface area contributed by atoms with Gasteiger partial charge in [0.05, 0.1) is 11.2 Å². The Balaban J connectivity index is 1.79. The number of hydrogen-bond acceptors (Lipinski definition) is 5. The van der Waals surface area contributed by atoms with Gasteiger partial charge >= 0.3 is 6.61 Å². The monoisotopic (exact) mass is 436 g/mol. The van der Waals surface area contributed by atoms with E-state index < -0.39 is 32.7 Å². The summed E-state index contributed by atoms with van der Waals surface area (Å²) in [7, 11) is -7.16. The second kappa shape index (κ2) is 8.05. The van der Waals surface area contributed by atoms with Crippen molar-refractivity contribution < 1.29 is 30.4 Å². The van der Waals surface area contributed by atoms with E-state index in [1.54, 1.807) is 12.1 Å². The number of fused-ring (bicyclic) bond motifs is 1. The van der Waals surface area contributed by atoms with E-state index in [9.17, 15) is 25.6 Å². The Morgan fingerprint density at radius 1 is 1.21 bits per heavy atom. The van der Waals surface area contributed by atoms with Gasteiger partial charge < -0.3 is 4.74 Å². The highest BCUT2D eigenvalue weighted by Gasteiger charge is 2.33. The van der Waals surface area contributed by atoms with Crippen molar-refractivity contribution in [2.75, 3.05) is 19.3 Å². The molecule has 2 aliphatic rings. The maximum Gasteiger partial charge on any atom is 0.387 e. The number of ether oxygens (including phenoxy) is 1. The van der Waals surface area contributed by atoms with Gasteiger partial charge in [-0.3, -0.25) is 0 Å². The van der Waals surface area contributed by atoms with Crippen LogP contribution in [0.25, 0.3) is 6.08 Å². The van der Waals surface area contributed by atoms with Gasteiger partial charge in [-0.2, -0.15) is 13.1 Å². The molecule has 1 aliphatic carbocycles. The van der Waals surface area contributed by atoms with Crippen molar-refractivity contribution in [2.24, 2.45) is 0 Å². The molecule has 1 unspecified atom stereocenters. The second-order valence-corrected chi connectivity index (χ2v) is 10.7. The highest BCUT2D eigenvalue weighted by molar-refractivity contribution is 7.93. The lowest BCUT2D eigenvalue weighted by molar-refractivity contribution is -0.0498. The van der Waals surface area contributed by atoms with Crippen molar-refractivity contribution in [1.82, 2.24) is 9.03 Å². The summed E-state index contributed by atoms with van der Waals surface area (Å²) in [5.41, 5.74) is 1.39. The van der Waals surface area contributed by atoms with Gasteiger partial charge in [0, 0.05) is 19.1 Å². The predicted octanol–water partition coefficient (Wildman–Crippen LogP) is 1.92.